The molecule has 3 aromatic heterocycles. The van der Waals surface area contributed by atoms with Crippen LogP contribution in [-0.2, 0) is 11.3 Å². The maximum absolute atomic E-state index is 11.8. The zero-order valence-corrected chi connectivity index (χ0v) is 13.2. The van der Waals surface area contributed by atoms with E-state index in [9.17, 15) is 4.79 Å². The fraction of sp³-hybridized carbons (Fsp3) is 0.188. The van der Waals surface area contributed by atoms with E-state index in [1.165, 1.54) is 11.6 Å². The topological polar surface area (TPSA) is 59.3 Å². The van der Waals surface area contributed by atoms with Gasteiger partial charge in [-0.3, -0.25) is 4.79 Å². The molecule has 0 unspecified atom stereocenters. The van der Waals surface area contributed by atoms with Gasteiger partial charge in [-0.1, -0.05) is 6.07 Å². The molecule has 0 aliphatic carbocycles. The number of rotatable bonds is 4. The van der Waals surface area contributed by atoms with Gasteiger partial charge < -0.3 is 9.72 Å². The molecule has 5 nitrogen and oxygen atoms in total. The van der Waals surface area contributed by atoms with Crippen LogP contribution in [0.2, 0.25) is 0 Å². The van der Waals surface area contributed by atoms with Crippen molar-refractivity contribution in [1.82, 2.24) is 19.7 Å². The Morgan fingerprint density at radius 1 is 1.32 bits per heavy atom. The number of amides is 1. The summed E-state index contributed by atoms with van der Waals surface area (Å²) >= 11 is 1.56. The first-order valence-electron chi connectivity index (χ1n) is 6.92. The molecule has 0 bridgehead atoms. The predicted molar refractivity (Wildman–Crippen MR) is 87.7 cm³/mol. The van der Waals surface area contributed by atoms with Gasteiger partial charge in [0.2, 0.25) is 5.91 Å². The zero-order valence-electron chi connectivity index (χ0n) is 12.4. The molecule has 0 aromatic carbocycles. The van der Waals surface area contributed by atoms with E-state index in [4.69, 9.17) is 0 Å². The van der Waals surface area contributed by atoms with Crippen molar-refractivity contribution in [3.05, 3.63) is 57.9 Å². The quantitative estimate of drug-likeness (QED) is 0.754. The van der Waals surface area contributed by atoms with Gasteiger partial charge >= 0.3 is 0 Å². The van der Waals surface area contributed by atoms with Gasteiger partial charge in [0.15, 0.2) is 0 Å². The summed E-state index contributed by atoms with van der Waals surface area (Å²) in [4.78, 5) is 20.5. The molecule has 0 atom stereocenters. The van der Waals surface area contributed by atoms with Gasteiger partial charge in [0, 0.05) is 23.8 Å². The van der Waals surface area contributed by atoms with Gasteiger partial charge in [0.25, 0.3) is 0 Å². The van der Waals surface area contributed by atoms with Crippen molar-refractivity contribution in [3.8, 4) is 0 Å². The van der Waals surface area contributed by atoms with Crippen LogP contribution in [0.25, 0.3) is 11.7 Å². The molecule has 0 radical (unpaired) electrons. The summed E-state index contributed by atoms with van der Waals surface area (Å²) in [7, 11) is 0. The van der Waals surface area contributed by atoms with Gasteiger partial charge in [0.1, 0.15) is 5.65 Å². The minimum absolute atomic E-state index is 0.154. The second-order valence-electron chi connectivity index (χ2n) is 5.05. The van der Waals surface area contributed by atoms with Crippen molar-refractivity contribution < 1.29 is 4.79 Å². The number of aromatic nitrogens is 3. The third-order valence-electron chi connectivity index (χ3n) is 3.13. The van der Waals surface area contributed by atoms with E-state index in [2.05, 4.69) is 15.3 Å². The summed E-state index contributed by atoms with van der Waals surface area (Å²) < 4.78 is 1.96. The SMILES string of the molecule is Cc1ccc2nc(CNC(=O)/C=C/c3csc(C)n3)cn2c1. The van der Waals surface area contributed by atoms with E-state index in [1.807, 2.05) is 48.2 Å². The van der Waals surface area contributed by atoms with Gasteiger partial charge in [-0.15, -0.1) is 11.3 Å². The monoisotopic (exact) mass is 312 g/mol. The number of hydrogen-bond donors (Lipinski definition) is 1. The highest BCUT2D eigenvalue weighted by molar-refractivity contribution is 7.09. The van der Waals surface area contributed by atoms with Crippen molar-refractivity contribution in [2.75, 3.05) is 0 Å². The summed E-state index contributed by atoms with van der Waals surface area (Å²) in [6.07, 6.45) is 7.15. The molecule has 3 rings (SSSR count). The lowest BCUT2D eigenvalue weighted by Crippen LogP contribution is -2.20. The molecule has 3 heterocycles. The van der Waals surface area contributed by atoms with Gasteiger partial charge in [-0.2, -0.15) is 0 Å². The maximum Gasteiger partial charge on any atom is 0.244 e. The number of nitrogens with zero attached hydrogens (tertiary/aromatic N) is 3. The first kappa shape index (κ1) is 14.5. The summed E-state index contributed by atoms with van der Waals surface area (Å²) in [6, 6.07) is 3.98. The number of thiazole rings is 1. The molecule has 3 aromatic rings. The van der Waals surface area contributed by atoms with Gasteiger partial charge in [-0.05, 0) is 31.6 Å². The van der Waals surface area contributed by atoms with Gasteiger partial charge in [-0.25, -0.2) is 9.97 Å². The molecule has 1 N–H and O–H groups in total. The largest absolute Gasteiger partial charge is 0.347 e. The van der Waals surface area contributed by atoms with Crippen molar-refractivity contribution in [1.29, 1.82) is 0 Å². The number of nitrogens with one attached hydrogen (secondary N) is 1. The van der Waals surface area contributed by atoms with Crippen LogP contribution in [0.1, 0.15) is 22.0 Å². The smallest absolute Gasteiger partial charge is 0.244 e. The Hall–Kier alpha value is -2.47. The van der Waals surface area contributed by atoms with E-state index in [1.54, 1.807) is 17.4 Å². The lowest BCUT2D eigenvalue weighted by Gasteiger charge is -1.97. The fourth-order valence-corrected chi connectivity index (χ4v) is 2.68. The number of imidazole rings is 1. The predicted octanol–water partition coefficient (Wildman–Crippen LogP) is 2.74. The average Bonchev–Trinajstić information content (AvgIpc) is 3.08. The summed E-state index contributed by atoms with van der Waals surface area (Å²) in [5.74, 6) is -0.154. The second-order valence-corrected chi connectivity index (χ2v) is 6.11. The molecule has 0 aliphatic heterocycles. The molecule has 0 spiro atoms. The second kappa shape index (κ2) is 6.11. The van der Waals surface area contributed by atoms with Crippen LogP contribution >= 0.6 is 11.3 Å². The van der Waals surface area contributed by atoms with Crippen LogP contribution in [0.5, 0.6) is 0 Å². The summed E-state index contributed by atoms with van der Waals surface area (Å²) in [6.45, 7) is 4.37. The van der Waals surface area contributed by atoms with Crippen LogP contribution in [-0.4, -0.2) is 20.3 Å². The maximum atomic E-state index is 11.8. The highest BCUT2D eigenvalue weighted by atomic mass is 32.1. The van der Waals surface area contributed by atoms with Crippen LogP contribution in [0.4, 0.5) is 0 Å². The first-order valence-corrected chi connectivity index (χ1v) is 7.80. The summed E-state index contributed by atoms with van der Waals surface area (Å²) in [5, 5.41) is 5.73. The van der Waals surface area contributed by atoms with Gasteiger partial charge in [0.05, 0.1) is 22.9 Å². The van der Waals surface area contributed by atoms with Crippen molar-refractivity contribution in [3.63, 3.8) is 0 Å². The molecule has 1 amide bonds. The molecular weight excluding hydrogens is 296 g/mol. The summed E-state index contributed by atoms with van der Waals surface area (Å²) in [5.41, 5.74) is 3.68. The molecule has 0 saturated heterocycles. The number of carbonyl (C=O) groups is 1. The van der Waals surface area contributed by atoms with E-state index in [-0.39, 0.29) is 5.91 Å². The number of aryl methyl sites for hydroxylation is 2. The zero-order chi connectivity index (χ0) is 15.5. The molecular formula is C16H16N4OS. The Morgan fingerprint density at radius 3 is 2.95 bits per heavy atom. The number of pyridine rings is 1. The molecule has 0 aliphatic rings. The number of hydrogen-bond acceptors (Lipinski definition) is 4. The minimum Gasteiger partial charge on any atom is -0.347 e. The third kappa shape index (κ3) is 3.40. The first-order chi connectivity index (χ1) is 10.6. The number of fused-ring (bicyclic) bond motifs is 1. The Kier molecular flexibility index (Phi) is 4.02. The highest BCUT2D eigenvalue weighted by Crippen LogP contribution is 2.09. The van der Waals surface area contributed by atoms with Crippen LogP contribution in [0.3, 0.4) is 0 Å². The van der Waals surface area contributed by atoms with E-state index in [0.717, 1.165) is 22.0 Å². The van der Waals surface area contributed by atoms with Crippen molar-refractivity contribution >= 4 is 29.0 Å². The number of carbonyl (C=O) groups excluding carboxylic acids is 1. The van der Waals surface area contributed by atoms with Crippen molar-refractivity contribution in [2.24, 2.45) is 0 Å². The van der Waals surface area contributed by atoms with Crippen molar-refractivity contribution in [2.45, 2.75) is 20.4 Å². The Morgan fingerprint density at radius 2 is 2.18 bits per heavy atom. The molecule has 112 valence electrons. The Balaban J connectivity index is 1.61. The molecule has 0 fully saturated rings. The third-order valence-corrected chi connectivity index (χ3v) is 3.93. The van der Waals surface area contributed by atoms with E-state index in [0.29, 0.717) is 6.54 Å². The van der Waals surface area contributed by atoms with Crippen LogP contribution in [0, 0.1) is 13.8 Å². The van der Waals surface area contributed by atoms with Crippen LogP contribution < -0.4 is 5.32 Å². The molecule has 0 saturated carbocycles. The normalized spacial score (nSPS) is 11.4. The highest BCUT2D eigenvalue weighted by Gasteiger charge is 2.03. The standard InChI is InChI=1S/C16H16N4OS/c1-11-3-5-15-19-14(9-20(15)8-11)7-17-16(21)6-4-13-10-22-12(2)18-13/h3-6,8-10H,7H2,1-2H3,(H,17,21)/b6-4+. The lowest BCUT2D eigenvalue weighted by atomic mass is 10.3. The lowest BCUT2D eigenvalue weighted by molar-refractivity contribution is -0.116. The van der Waals surface area contributed by atoms with E-state index < -0.39 is 0 Å². The molecule has 6 heteroatoms. The van der Waals surface area contributed by atoms with E-state index >= 15 is 0 Å². The van der Waals surface area contributed by atoms with Crippen LogP contribution in [0.15, 0.2) is 36.0 Å². The average molecular weight is 312 g/mol. The molecule has 22 heavy (non-hydrogen) atoms. The minimum atomic E-state index is -0.154. The fourth-order valence-electron chi connectivity index (χ4n) is 2.10. The Labute approximate surface area is 132 Å². The Bertz CT molecular complexity index is 847.